The van der Waals surface area contributed by atoms with E-state index in [1.807, 2.05) is 13.0 Å². The number of nitrogens with zero attached hydrogens (tertiary/aromatic N) is 3. The van der Waals surface area contributed by atoms with Crippen molar-refractivity contribution in [3.8, 4) is 0 Å². The van der Waals surface area contributed by atoms with Crippen molar-refractivity contribution < 1.29 is 4.79 Å². The van der Waals surface area contributed by atoms with Crippen molar-refractivity contribution in [3.05, 3.63) is 41.7 Å². The molecule has 2 heterocycles. The zero-order chi connectivity index (χ0) is 18.4. The van der Waals surface area contributed by atoms with Gasteiger partial charge in [-0.15, -0.1) is 10.2 Å². The van der Waals surface area contributed by atoms with Crippen LogP contribution >= 0.6 is 11.8 Å². The Morgan fingerprint density at radius 3 is 2.81 bits per heavy atom. The van der Waals surface area contributed by atoms with Crippen molar-refractivity contribution in [2.75, 3.05) is 6.54 Å². The molecule has 1 aromatic carbocycles. The van der Waals surface area contributed by atoms with Crippen molar-refractivity contribution in [1.82, 2.24) is 20.1 Å². The van der Waals surface area contributed by atoms with Gasteiger partial charge in [-0.25, -0.2) is 0 Å². The van der Waals surface area contributed by atoms with Gasteiger partial charge in [-0.1, -0.05) is 55.4 Å². The molecule has 0 spiro atoms. The molecule has 26 heavy (non-hydrogen) atoms. The van der Waals surface area contributed by atoms with Crippen LogP contribution < -0.4 is 5.32 Å². The molecule has 0 saturated heterocycles. The molecule has 2 atom stereocenters. The molecule has 1 amide bonds. The molecule has 0 bridgehead atoms. The van der Waals surface area contributed by atoms with Gasteiger partial charge in [0.1, 0.15) is 5.82 Å². The van der Waals surface area contributed by atoms with E-state index >= 15 is 0 Å². The number of aromatic nitrogens is 3. The molecular formula is C20H28N4OS. The topological polar surface area (TPSA) is 59.8 Å². The minimum absolute atomic E-state index is 0.0651. The number of nitrogens with one attached hydrogen (secondary N) is 1. The first-order valence-electron chi connectivity index (χ1n) is 9.60. The third-order valence-corrected chi connectivity index (χ3v) is 6.09. The molecule has 0 aliphatic carbocycles. The van der Waals surface area contributed by atoms with Crippen LogP contribution in [0, 0.1) is 0 Å². The SMILES string of the molecule is CC[C@H](CNC(=O)[C@H](C)Sc1nnc2n1CCCCC2)c1ccccc1. The van der Waals surface area contributed by atoms with Gasteiger partial charge in [0.2, 0.25) is 5.91 Å². The molecule has 5 nitrogen and oxygen atoms in total. The van der Waals surface area contributed by atoms with E-state index in [1.54, 1.807) is 0 Å². The molecule has 0 fully saturated rings. The number of amides is 1. The molecule has 3 rings (SSSR count). The Kier molecular flexibility index (Phi) is 6.72. The zero-order valence-electron chi connectivity index (χ0n) is 15.6. The lowest BCUT2D eigenvalue weighted by atomic mass is 9.96. The van der Waals surface area contributed by atoms with Gasteiger partial charge in [0, 0.05) is 25.4 Å². The van der Waals surface area contributed by atoms with Gasteiger partial charge in [-0.05, 0) is 31.7 Å². The van der Waals surface area contributed by atoms with Crippen molar-refractivity contribution in [2.45, 2.75) is 68.8 Å². The summed E-state index contributed by atoms with van der Waals surface area (Å²) in [5, 5.41) is 12.4. The van der Waals surface area contributed by atoms with Crippen LogP contribution in [0.3, 0.4) is 0 Å². The Morgan fingerprint density at radius 1 is 1.23 bits per heavy atom. The highest BCUT2D eigenvalue weighted by molar-refractivity contribution is 8.00. The lowest BCUT2D eigenvalue weighted by Gasteiger charge is -2.18. The lowest BCUT2D eigenvalue weighted by molar-refractivity contribution is -0.120. The standard InChI is InChI=1S/C20H28N4OS/c1-3-16(17-10-6-4-7-11-17)14-21-19(25)15(2)26-20-23-22-18-12-8-5-9-13-24(18)20/h4,6-7,10-11,15-16H,3,5,8-9,12-14H2,1-2H3,(H,21,25)/t15-,16+/m0/s1. The maximum Gasteiger partial charge on any atom is 0.233 e. The van der Waals surface area contributed by atoms with E-state index in [4.69, 9.17) is 0 Å². The first-order chi connectivity index (χ1) is 12.7. The highest BCUT2D eigenvalue weighted by Gasteiger charge is 2.21. The van der Waals surface area contributed by atoms with E-state index in [9.17, 15) is 4.79 Å². The maximum absolute atomic E-state index is 12.6. The molecule has 0 radical (unpaired) electrons. The summed E-state index contributed by atoms with van der Waals surface area (Å²) in [6.07, 6.45) is 5.57. The first-order valence-corrected chi connectivity index (χ1v) is 10.5. The number of thioether (sulfide) groups is 1. The molecule has 6 heteroatoms. The quantitative estimate of drug-likeness (QED) is 0.751. The van der Waals surface area contributed by atoms with Gasteiger partial charge in [-0.2, -0.15) is 0 Å². The maximum atomic E-state index is 12.6. The lowest BCUT2D eigenvalue weighted by Crippen LogP contribution is -2.34. The highest BCUT2D eigenvalue weighted by atomic mass is 32.2. The summed E-state index contributed by atoms with van der Waals surface area (Å²) in [5.41, 5.74) is 1.28. The van der Waals surface area contributed by atoms with Crippen LogP contribution in [-0.2, 0) is 17.8 Å². The fourth-order valence-electron chi connectivity index (χ4n) is 3.35. The highest BCUT2D eigenvalue weighted by Crippen LogP contribution is 2.25. The second-order valence-corrected chi connectivity index (χ2v) is 8.19. The van der Waals surface area contributed by atoms with Gasteiger partial charge < -0.3 is 9.88 Å². The Labute approximate surface area is 160 Å². The summed E-state index contributed by atoms with van der Waals surface area (Å²) in [6.45, 7) is 5.74. The van der Waals surface area contributed by atoms with E-state index in [2.05, 4.69) is 51.3 Å². The van der Waals surface area contributed by atoms with E-state index in [0.717, 1.165) is 36.8 Å². The summed E-state index contributed by atoms with van der Waals surface area (Å²) in [5.74, 6) is 1.48. The predicted octanol–water partition coefficient (Wildman–Crippen LogP) is 3.80. The van der Waals surface area contributed by atoms with Crippen molar-refractivity contribution >= 4 is 17.7 Å². The third kappa shape index (κ3) is 4.67. The van der Waals surface area contributed by atoms with Crippen LogP contribution in [0.5, 0.6) is 0 Å². The normalized spacial score (nSPS) is 16.4. The first kappa shape index (κ1) is 19.0. The van der Waals surface area contributed by atoms with E-state index in [0.29, 0.717) is 12.5 Å². The number of aryl methyl sites for hydroxylation is 1. The fraction of sp³-hybridized carbons (Fsp3) is 0.550. The van der Waals surface area contributed by atoms with Gasteiger partial charge in [0.25, 0.3) is 0 Å². The number of fused-ring (bicyclic) bond motifs is 1. The minimum Gasteiger partial charge on any atom is -0.355 e. The Morgan fingerprint density at radius 2 is 2.04 bits per heavy atom. The summed E-state index contributed by atoms with van der Waals surface area (Å²) in [4.78, 5) is 12.6. The molecule has 140 valence electrons. The Hall–Kier alpha value is -1.82. The predicted molar refractivity (Wildman–Crippen MR) is 105 cm³/mol. The molecule has 1 aliphatic heterocycles. The molecule has 0 unspecified atom stereocenters. The number of hydrogen-bond donors (Lipinski definition) is 1. The van der Waals surface area contributed by atoms with E-state index in [-0.39, 0.29) is 11.2 Å². The average Bonchev–Trinajstić information content (AvgIpc) is 2.89. The molecule has 1 aromatic heterocycles. The van der Waals surface area contributed by atoms with Crippen LogP contribution in [-0.4, -0.2) is 32.5 Å². The number of hydrogen-bond acceptors (Lipinski definition) is 4. The van der Waals surface area contributed by atoms with Crippen LogP contribution in [0.4, 0.5) is 0 Å². The molecule has 1 N–H and O–H groups in total. The van der Waals surface area contributed by atoms with E-state index in [1.165, 1.54) is 30.2 Å². The number of benzene rings is 1. The van der Waals surface area contributed by atoms with Crippen molar-refractivity contribution in [1.29, 1.82) is 0 Å². The number of carbonyl (C=O) groups is 1. The smallest absolute Gasteiger partial charge is 0.233 e. The molecule has 2 aromatic rings. The number of carbonyl (C=O) groups excluding carboxylic acids is 1. The largest absolute Gasteiger partial charge is 0.355 e. The van der Waals surface area contributed by atoms with E-state index < -0.39 is 0 Å². The second-order valence-electron chi connectivity index (χ2n) is 6.88. The van der Waals surface area contributed by atoms with Crippen LogP contribution in [0.2, 0.25) is 0 Å². The van der Waals surface area contributed by atoms with Crippen LogP contribution in [0.1, 0.15) is 56.8 Å². The average molecular weight is 373 g/mol. The Balaban J connectivity index is 1.56. The van der Waals surface area contributed by atoms with Gasteiger partial charge in [0.05, 0.1) is 5.25 Å². The molecular weight excluding hydrogens is 344 g/mol. The minimum atomic E-state index is -0.181. The van der Waals surface area contributed by atoms with Gasteiger partial charge in [-0.3, -0.25) is 4.79 Å². The molecule has 1 aliphatic rings. The second kappa shape index (κ2) is 9.21. The van der Waals surface area contributed by atoms with Gasteiger partial charge >= 0.3 is 0 Å². The monoisotopic (exact) mass is 372 g/mol. The third-order valence-electron chi connectivity index (χ3n) is 5.01. The van der Waals surface area contributed by atoms with Crippen LogP contribution in [0.25, 0.3) is 0 Å². The summed E-state index contributed by atoms with van der Waals surface area (Å²) >= 11 is 1.51. The Bertz CT molecular complexity index is 716. The summed E-state index contributed by atoms with van der Waals surface area (Å²) in [7, 11) is 0. The van der Waals surface area contributed by atoms with Gasteiger partial charge in [0.15, 0.2) is 5.16 Å². The molecule has 0 saturated carbocycles. The van der Waals surface area contributed by atoms with Crippen molar-refractivity contribution in [2.24, 2.45) is 0 Å². The fourth-order valence-corrected chi connectivity index (χ4v) is 4.27. The summed E-state index contributed by atoms with van der Waals surface area (Å²) in [6, 6.07) is 10.4. The van der Waals surface area contributed by atoms with Crippen LogP contribution in [0.15, 0.2) is 35.5 Å². The van der Waals surface area contributed by atoms with Crippen molar-refractivity contribution in [3.63, 3.8) is 0 Å². The summed E-state index contributed by atoms with van der Waals surface area (Å²) < 4.78 is 2.19. The number of rotatable bonds is 7. The zero-order valence-corrected chi connectivity index (χ0v) is 16.5.